The number of methoxy groups -OCH3 is 1. The summed E-state index contributed by atoms with van der Waals surface area (Å²) in [5, 5.41) is 1.58. The molecule has 1 atom stereocenters. The van der Waals surface area contributed by atoms with E-state index >= 15 is 0 Å². The number of aromatic nitrogens is 2. The van der Waals surface area contributed by atoms with Crippen LogP contribution in [0, 0.1) is 6.92 Å². The molecule has 2 N–H and O–H groups in total. The minimum Gasteiger partial charge on any atom is -0.467 e. The molecule has 0 radical (unpaired) electrons. The average molecular weight is 279 g/mol. The molecule has 6 nitrogen and oxygen atoms in total. The highest BCUT2D eigenvalue weighted by atomic mass is 19.4. The van der Waals surface area contributed by atoms with Crippen molar-refractivity contribution >= 4 is 11.9 Å². The van der Waals surface area contributed by atoms with Crippen LogP contribution in [-0.4, -0.2) is 41.2 Å². The summed E-state index contributed by atoms with van der Waals surface area (Å²) in [6, 6.07) is -1.43. The fourth-order valence-corrected chi connectivity index (χ4v) is 1.37. The Hall–Kier alpha value is -2.06. The summed E-state index contributed by atoms with van der Waals surface area (Å²) in [5.41, 5.74) is 0.412. The molecule has 0 aliphatic heterocycles. The first-order chi connectivity index (χ1) is 8.74. The van der Waals surface area contributed by atoms with Crippen molar-refractivity contribution in [2.24, 2.45) is 0 Å². The monoisotopic (exact) mass is 279 g/mol. The lowest BCUT2D eigenvalue weighted by Gasteiger charge is -2.16. The lowest BCUT2D eigenvalue weighted by Crippen LogP contribution is -2.48. The van der Waals surface area contributed by atoms with Crippen LogP contribution in [0.4, 0.5) is 13.2 Å². The van der Waals surface area contributed by atoms with E-state index in [4.69, 9.17) is 0 Å². The molecule has 1 aromatic rings. The van der Waals surface area contributed by atoms with Gasteiger partial charge in [0.1, 0.15) is 11.9 Å². The van der Waals surface area contributed by atoms with Gasteiger partial charge in [0.15, 0.2) is 0 Å². The zero-order valence-electron chi connectivity index (χ0n) is 10.2. The van der Waals surface area contributed by atoms with Crippen molar-refractivity contribution in [3.8, 4) is 0 Å². The number of alkyl halides is 3. The number of carbonyl (C=O) groups is 2. The highest BCUT2D eigenvalue weighted by Gasteiger charge is 2.41. The van der Waals surface area contributed by atoms with Gasteiger partial charge in [-0.3, -0.25) is 4.79 Å². The van der Waals surface area contributed by atoms with E-state index in [-0.39, 0.29) is 6.42 Å². The second-order valence-corrected chi connectivity index (χ2v) is 3.74. The molecule has 1 rings (SSSR count). The number of nitrogens with zero attached hydrogens (tertiary/aromatic N) is 1. The number of halogens is 3. The maximum absolute atomic E-state index is 12.1. The summed E-state index contributed by atoms with van der Waals surface area (Å²) < 4.78 is 40.8. The SMILES string of the molecule is COC(=O)[C@H](Cc1cnc(C)[nH]1)NC(=O)C(F)(F)F. The third-order valence-corrected chi connectivity index (χ3v) is 2.23. The largest absolute Gasteiger partial charge is 0.471 e. The van der Waals surface area contributed by atoms with Gasteiger partial charge in [-0.2, -0.15) is 13.2 Å². The summed E-state index contributed by atoms with van der Waals surface area (Å²) in [5.74, 6) is -2.62. The van der Waals surface area contributed by atoms with Crippen molar-refractivity contribution in [2.75, 3.05) is 7.11 Å². The number of aryl methyl sites for hydroxylation is 1. The number of H-pyrrole nitrogens is 1. The second-order valence-electron chi connectivity index (χ2n) is 3.74. The number of esters is 1. The Morgan fingerprint density at radius 1 is 1.53 bits per heavy atom. The summed E-state index contributed by atoms with van der Waals surface area (Å²) in [4.78, 5) is 28.8. The minimum absolute atomic E-state index is 0.171. The van der Waals surface area contributed by atoms with Gasteiger partial charge in [0.2, 0.25) is 0 Å². The first-order valence-electron chi connectivity index (χ1n) is 5.20. The Balaban J connectivity index is 2.78. The minimum atomic E-state index is -5.06. The lowest BCUT2D eigenvalue weighted by atomic mass is 10.1. The van der Waals surface area contributed by atoms with Gasteiger partial charge < -0.3 is 15.0 Å². The zero-order valence-corrected chi connectivity index (χ0v) is 10.2. The summed E-state index contributed by atoms with van der Waals surface area (Å²) in [6.07, 6.45) is -3.86. The van der Waals surface area contributed by atoms with E-state index in [1.165, 1.54) is 6.20 Å². The van der Waals surface area contributed by atoms with E-state index in [1.54, 1.807) is 12.2 Å². The first kappa shape index (κ1) is 15.0. The van der Waals surface area contributed by atoms with Crippen molar-refractivity contribution in [2.45, 2.75) is 25.6 Å². The van der Waals surface area contributed by atoms with E-state index in [1.807, 2.05) is 0 Å². The third-order valence-electron chi connectivity index (χ3n) is 2.23. The Labute approximate surface area is 106 Å². The zero-order chi connectivity index (χ0) is 14.6. The quantitative estimate of drug-likeness (QED) is 0.785. The molecule has 0 fully saturated rings. The molecule has 0 unspecified atom stereocenters. The van der Waals surface area contributed by atoms with Crippen LogP contribution >= 0.6 is 0 Å². The number of aromatic amines is 1. The van der Waals surface area contributed by atoms with Gasteiger partial charge in [0, 0.05) is 18.3 Å². The molecule has 0 spiro atoms. The van der Waals surface area contributed by atoms with E-state index in [0.717, 1.165) is 7.11 Å². The van der Waals surface area contributed by atoms with E-state index < -0.39 is 24.1 Å². The van der Waals surface area contributed by atoms with Crippen LogP contribution in [0.1, 0.15) is 11.5 Å². The molecule has 106 valence electrons. The summed E-state index contributed by atoms with van der Waals surface area (Å²) >= 11 is 0. The molecule has 0 saturated carbocycles. The van der Waals surface area contributed by atoms with Crippen LogP contribution in [0.3, 0.4) is 0 Å². The van der Waals surface area contributed by atoms with Crippen LogP contribution in [0.15, 0.2) is 6.20 Å². The maximum atomic E-state index is 12.1. The second kappa shape index (κ2) is 5.72. The normalized spacial score (nSPS) is 12.9. The number of ether oxygens (including phenoxy) is 1. The van der Waals surface area contributed by atoms with Crippen molar-refractivity contribution in [1.82, 2.24) is 15.3 Å². The predicted octanol–water partition coefficient (Wildman–Crippen LogP) is 0.481. The standard InChI is InChI=1S/C10H12F3N3O3/c1-5-14-4-6(15-5)3-7(8(17)19-2)16-9(18)10(11,12)13/h4,7H,3H2,1-2H3,(H,14,15)(H,16,18)/t7-/m0/s1. The number of hydrogen-bond donors (Lipinski definition) is 2. The Morgan fingerprint density at radius 2 is 2.16 bits per heavy atom. The molecular weight excluding hydrogens is 267 g/mol. The van der Waals surface area contributed by atoms with Crippen LogP contribution in [0.2, 0.25) is 0 Å². The predicted molar refractivity (Wildman–Crippen MR) is 57.0 cm³/mol. The highest BCUT2D eigenvalue weighted by Crippen LogP contribution is 2.15. The Bertz CT molecular complexity index is 470. The molecule has 1 amide bonds. The molecule has 19 heavy (non-hydrogen) atoms. The average Bonchev–Trinajstić information content (AvgIpc) is 2.71. The van der Waals surface area contributed by atoms with Crippen LogP contribution < -0.4 is 5.32 Å². The number of amides is 1. The van der Waals surface area contributed by atoms with Crippen molar-refractivity contribution in [3.05, 3.63) is 17.7 Å². The number of rotatable bonds is 4. The first-order valence-corrected chi connectivity index (χ1v) is 5.20. The smallest absolute Gasteiger partial charge is 0.467 e. The van der Waals surface area contributed by atoms with Gasteiger partial charge in [0.25, 0.3) is 0 Å². The van der Waals surface area contributed by atoms with E-state index in [2.05, 4.69) is 14.7 Å². The summed E-state index contributed by atoms with van der Waals surface area (Å²) in [7, 11) is 1.02. The Morgan fingerprint density at radius 3 is 2.58 bits per heavy atom. The van der Waals surface area contributed by atoms with Gasteiger partial charge >= 0.3 is 18.1 Å². The molecule has 1 heterocycles. The van der Waals surface area contributed by atoms with E-state index in [9.17, 15) is 22.8 Å². The van der Waals surface area contributed by atoms with Gasteiger partial charge in [-0.05, 0) is 6.92 Å². The maximum Gasteiger partial charge on any atom is 0.471 e. The van der Waals surface area contributed by atoms with E-state index in [0.29, 0.717) is 11.5 Å². The fraction of sp³-hybridized carbons (Fsp3) is 0.500. The van der Waals surface area contributed by atoms with Gasteiger partial charge in [-0.1, -0.05) is 0 Å². The molecule has 0 saturated heterocycles. The van der Waals surface area contributed by atoms with Crippen LogP contribution in [0.25, 0.3) is 0 Å². The third kappa shape index (κ3) is 4.27. The van der Waals surface area contributed by atoms with Crippen LogP contribution in [-0.2, 0) is 20.7 Å². The number of carbonyl (C=O) groups excluding carboxylic acids is 2. The Kier molecular flexibility index (Phi) is 4.52. The molecule has 1 aromatic heterocycles. The molecule has 0 aliphatic rings. The molecule has 0 aliphatic carbocycles. The molecule has 0 aromatic carbocycles. The van der Waals surface area contributed by atoms with Crippen molar-refractivity contribution in [1.29, 1.82) is 0 Å². The number of nitrogens with one attached hydrogen (secondary N) is 2. The van der Waals surface area contributed by atoms with Crippen molar-refractivity contribution < 1.29 is 27.5 Å². The number of hydrogen-bond acceptors (Lipinski definition) is 4. The van der Waals surface area contributed by atoms with Crippen LogP contribution in [0.5, 0.6) is 0 Å². The molecular formula is C10H12F3N3O3. The highest BCUT2D eigenvalue weighted by molar-refractivity contribution is 5.87. The fourth-order valence-electron chi connectivity index (χ4n) is 1.37. The van der Waals surface area contributed by atoms with Gasteiger partial charge in [0.05, 0.1) is 7.11 Å². The van der Waals surface area contributed by atoms with Gasteiger partial charge in [-0.15, -0.1) is 0 Å². The van der Waals surface area contributed by atoms with Gasteiger partial charge in [-0.25, -0.2) is 9.78 Å². The molecule has 0 bridgehead atoms. The molecule has 9 heteroatoms. The summed E-state index contributed by atoms with van der Waals surface area (Å²) in [6.45, 7) is 1.64. The number of imidazole rings is 1. The lowest BCUT2D eigenvalue weighted by molar-refractivity contribution is -0.175. The topological polar surface area (TPSA) is 84.1 Å². The van der Waals surface area contributed by atoms with Crippen molar-refractivity contribution in [3.63, 3.8) is 0 Å².